The molecule has 1 N–H and O–H groups in total. The lowest BCUT2D eigenvalue weighted by Crippen LogP contribution is -2.42. The third kappa shape index (κ3) is 4.64. The molecule has 0 aliphatic carbocycles. The van der Waals surface area contributed by atoms with Gasteiger partial charge < -0.3 is 19.2 Å². The van der Waals surface area contributed by atoms with Gasteiger partial charge in [0.05, 0.1) is 7.11 Å². The first kappa shape index (κ1) is 20.8. The lowest BCUT2D eigenvalue weighted by atomic mass is 10.1. The largest absolute Gasteiger partial charge is 0.497 e. The number of benzene rings is 3. The number of halogens is 1. The van der Waals surface area contributed by atoms with Crippen LogP contribution in [-0.4, -0.2) is 23.6 Å². The monoisotopic (exact) mass is 436 g/mol. The van der Waals surface area contributed by atoms with Crippen LogP contribution in [0, 0.1) is 0 Å². The summed E-state index contributed by atoms with van der Waals surface area (Å²) in [5.41, 5.74) is 1.75. The molecule has 1 heterocycles. The van der Waals surface area contributed by atoms with Crippen LogP contribution in [0.5, 0.6) is 11.5 Å². The van der Waals surface area contributed by atoms with Crippen molar-refractivity contribution in [2.75, 3.05) is 12.4 Å². The van der Waals surface area contributed by atoms with Crippen LogP contribution in [0.1, 0.15) is 13.8 Å². The van der Waals surface area contributed by atoms with E-state index in [0.717, 1.165) is 5.56 Å². The molecule has 7 heteroatoms. The minimum atomic E-state index is -1.08. The Morgan fingerprint density at radius 1 is 1.00 bits per heavy atom. The van der Waals surface area contributed by atoms with Crippen LogP contribution < -0.4 is 14.8 Å². The van der Waals surface area contributed by atoms with Gasteiger partial charge in [0.2, 0.25) is 5.89 Å². The number of fused-ring (bicyclic) bond motifs is 1. The van der Waals surface area contributed by atoms with Crippen molar-refractivity contribution in [2.45, 2.75) is 19.4 Å². The van der Waals surface area contributed by atoms with Gasteiger partial charge in [0.15, 0.2) is 11.2 Å². The van der Waals surface area contributed by atoms with Gasteiger partial charge in [0.25, 0.3) is 5.91 Å². The Morgan fingerprint density at radius 2 is 1.68 bits per heavy atom. The summed E-state index contributed by atoms with van der Waals surface area (Å²) >= 11 is 5.89. The van der Waals surface area contributed by atoms with E-state index >= 15 is 0 Å². The van der Waals surface area contributed by atoms with Crippen molar-refractivity contribution in [1.29, 1.82) is 0 Å². The van der Waals surface area contributed by atoms with Gasteiger partial charge in [-0.05, 0) is 74.5 Å². The highest BCUT2D eigenvalue weighted by molar-refractivity contribution is 6.30. The highest BCUT2D eigenvalue weighted by Crippen LogP contribution is 2.28. The minimum Gasteiger partial charge on any atom is -0.497 e. The third-order valence-electron chi connectivity index (χ3n) is 4.72. The lowest BCUT2D eigenvalue weighted by Gasteiger charge is -2.25. The zero-order valence-corrected chi connectivity index (χ0v) is 18.1. The predicted octanol–water partition coefficient (Wildman–Crippen LogP) is 5.95. The van der Waals surface area contributed by atoms with E-state index in [-0.39, 0.29) is 5.91 Å². The van der Waals surface area contributed by atoms with Crippen LogP contribution in [0.2, 0.25) is 5.02 Å². The van der Waals surface area contributed by atoms with E-state index in [4.69, 9.17) is 25.5 Å². The van der Waals surface area contributed by atoms with Crippen molar-refractivity contribution in [3.05, 3.63) is 71.8 Å². The second kappa shape index (κ2) is 8.32. The van der Waals surface area contributed by atoms with Crippen molar-refractivity contribution in [2.24, 2.45) is 0 Å². The molecular formula is C24H21ClN2O4. The van der Waals surface area contributed by atoms with Crippen molar-refractivity contribution in [3.63, 3.8) is 0 Å². The molecule has 0 radical (unpaired) electrons. The van der Waals surface area contributed by atoms with Crippen LogP contribution >= 0.6 is 11.6 Å². The molecule has 6 nitrogen and oxygen atoms in total. The Labute approximate surface area is 184 Å². The van der Waals surface area contributed by atoms with Gasteiger partial charge >= 0.3 is 0 Å². The number of amides is 1. The summed E-state index contributed by atoms with van der Waals surface area (Å²) in [5, 5.41) is 3.48. The normalized spacial score (nSPS) is 11.4. The predicted molar refractivity (Wildman–Crippen MR) is 121 cm³/mol. The number of anilines is 1. The smallest absolute Gasteiger partial charge is 0.267 e. The zero-order chi connectivity index (χ0) is 22.0. The topological polar surface area (TPSA) is 73.6 Å². The maximum absolute atomic E-state index is 12.7. The summed E-state index contributed by atoms with van der Waals surface area (Å²) in [6.07, 6.45) is 0. The molecule has 0 spiro atoms. The number of carbonyl (C=O) groups is 1. The number of oxazole rings is 1. The summed E-state index contributed by atoms with van der Waals surface area (Å²) in [6.45, 7) is 3.41. The molecular weight excluding hydrogens is 416 g/mol. The summed E-state index contributed by atoms with van der Waals surface area (Å²) in [7, 11) is 1.61. The molecule has 0 aliphatic heterocycles. The van der Waals surface area contributed by atoms with Gasteiger partial charge in [-0.1, -0.05) is 11.6 Å². The van der Waals surface area contributed by atoms with Crippen molar-refractivity contribution in [1.82, 2.24) is 4.98 Å². The van der Waals surface area contributed by atoms with Gasteiger partial charge in [-0.25, -0.2) is 4.98 Å². The van der Waals surface area contributed by atoms with E-state index in [0.29, 0.717) is 39.2 Å². The molecule has 0 saturated carbocycles. The number of rotatable bonds is 6. The second-order valence-corrected chi connectivity index (χ2v) is 7.89. The van der Waals surface area contributed by atoms with E-state index in [9.17, 15) is 4.79 Å². The lowest BCUT2D eigenvalue weighted by molar-refractivity contribution is -0.128. The molecule has 0 unspecified atom stereocenters. The van der Waals surface area contributed by atoms with Crippen molar-refractivity contribution < 1.29 is 18.7 Å². The molecule has 4 aromatic rings. The van der Waals surface area contributed by atoms with Gasteiger partial charge in [0, 0.05) is 22.3 Å². The number of carbonyl (C=O) groups excluding carboxylic acids is 1. The van der Waals surface area contributed by atoms with Crippen LogP contribution in [0.15, 0.2) is 71.1 Å². The Morgan fingerprint density at radius 3 is 2.35 bits per heavy atom. The molecule has 158 valence electrons. The summed E-state index contributed by atoms with van der Waals surface area (Å²) in [5.74, 6) is 1.50. The van der Waals surface area contributed by atoms with Crippen molar-refractivity contribution >= 4 is 34.3 Å². The van der Waals surface area contributed by atoms with Crippen LogP contribution in [0.25, 0.3) is 22.6 Å². The summed E-state index contributed by atoms with van der Waals surface area (Å²) in [6, 6.07) is 19.6. The van der Waals surface area contributed by atoms with Gasteiger partial charge in [-0.15, -0.1) is 0 Å². The SMILES string of the molecule is COc1ccc2oc(-c3ccc(NC(=O)C(C)(C)Oc4ccc(Cl)cc4)cc3)nc2c1. The number of nitrogens with zero attached hydrogens (tertiary/aromatic N) is 1. The first-order valence-corrected chi connectivity index (χ1v) is 10.0. The number of methoxy groups -OCH3 is 1. The Bertz CT molecular complexity index is 1210. The maximum Gasteiger partial charge on any atom is 0.267 e. The van der Waals surface area contributed by atoms with E-state index in [1.165, 1.54) is 0 Å². The van der Waals surface area contributed by atoms with E-state index in [1.54, 1.807) is 57.4 Å². The fourth-order valence-electron chi connectivity index (χ4n) is 2.98. The molecule has 4 rings (SSSR count). The van der Waals surface area contributed by atoms with E-state index < -0.39 is 5.60 Å². The van der Waals surface area contributed by atoms with E-state index in [1.807, 2.05) is 30.3 Å². The minimum absolute atomic E-state index is 0.274. The third-order valence-corrected chi connectivity index (χ3v) is 4.97. The fraction of sp³-hybridized carbons (Fsp3) is 0.167. The Balaban J connectivity index is 1.46. The fourth-order valence-corrected chi connectivity index (χ4v) is 3.11. The molecule has 0 fully saturated rings. The molecule has 3 aromatic carbocycles. The highest BCUT2D eigenvalue weighted by atomic mass is 35.5. The Hall–Kier alpha value is -3.51. The number of hydrogen-bond donors (Lipinski definition) is 1. The highest BCUT2D eigenvalue weighted by Gasteiger charge is 2.30. The quantitative estimate of drug-likeness (QED) is 0.404. The van der Waals surface area contributed by atoms with Gasteiger partial charge in [-0.3, -0.25) is 4.79 Å². The van der Waals surface area contributed by atoms with Crippen LogP contribution in [0.4, 0.5) is 5.69 Å². The van der Waals surface area contributed by atoms with Crippen LogP contribution in [-0.2, 0) is 4.79 Å². The van der Waals surface area contributed by atoms with E-state index in [2.05, 4.69) is 10.3 Å². The number of ether oxygens (including phenoxy) is 2. The number of hydrogen-bond acceptors (Lipinski definition) is 5. The Kier molecular flexibility index (Phi) is 5.57. The zero-order valence-electron chi connectivity index (χ0n) is 17.3. The van der Waals surface area contributed by atoms with Gasteiger partial charge in [0.1, 0.15) is 17.0 Å². The standard InChI is InChI=1S/C24H21ClN2O4/c1-24(2,31-18-10-6-16(25)7-11-18)23(28)26-17-8-4-15(5-9-17)22-27-20-14-19(29-3)12-13-21(20)30-22/h4-14H,1-3H3,(H,26,28). The molecule has 0 bridgehead atoms. The maximum atomic E-state index is 12.7. The average molecular weight is 437 g/mol. The molecule has 1 aromatic heterocycles. The second-order valence-electron chi connectivity index (χ2n) is 7.45. The number of nitrogens with one attached hydrogen (secondary N) is 1. The summed E-state index contributed by atoms with van der Waals surface area (Å²) in [4.78, 5) is 17.2. The number of aromatic nitrogens is 1. The molecule has 1 amide bonds. The molecule has 0 atom stereocenters. The molecule has 0 aliphatic rings. The van der Waals surface area contributed by atoms with Crippen LogP contribution in [0.3, 0.4) is 0 Å². The first-order chi connectivity index (χ1) is 14.8. The molecule has 0 saturated heterocycles. The summed E-state index contributed by atoms with van der Waals surface area (Å²) < 4.78 is 16.9. The first-order valence-electron chi connectivity index (χ1n) is 9.65. The average Bonchev–Trinajstić information content (AvgIpc) is 3.19. The van der Waals surface area contributed by atoms with Crippen molar-refractivity contribution in [3.8, 4) is 23.0 Å². The van der Waals surface area contributed by atoms with Gasteiger partial charge in [-0.2, -0.15) is 0 Å². The molecule has 31 heavy (non-hydrogen) atoms.